The molecule has 1 atom stereocenters. The Hall–Kier alpha value is -1.26. The van der Waals surface area contributed by atoms with Gasteiger partial charge in [-0.25, -0.2) is 0 Å². The lowest BCUT2D eigenvalue weighted by Gasteiger charge is -2.14. The van der Waals surface area contributed by atoms with Crippen molar-refractivity contribution in [2.24, 2.45) is 0 Å². The number of ether oxygens (including phenoxy) is 2. The highest BCUT2D eigenvalue weighted by molar-refractivity contribution is 5.40. The van der Waals surface area contributed by atoms with Gasteiger partial charge in [-0.15, -0.1) is 0 Å². The topological polar surface area (TPSA) is 50.7 Å². The molecule has 1 rings (SSSR count). The summed E-state index contributed by atoms with van der Waals surface area (Å²) in [6.45, 7) is 5.85. The molecule has 0 aliphatic carbocycles. The summed E-state index contributed by atoms with van der Waals surface area (Å²) in [6, 6.07) is 5.75. The van der Waals surface area contributed by atoms with E-state index in [1.165, 1.54) is 0 Å². The molecule has 102 valence electrons. The van der Waals surface area contributed by atoms with Crippen LogP contribution >= 0.6 is 0 Å². The molecule has 0 saturated heterocycles. The molecule has 0 spiro atoms. The Morgan fingerprint density at radius 2 is 2.17 bits per heavy atom. The minimum absolute atomic E-state index is 0.286. The Balaban J connectivity index is 2.72. The standard InChI is InChI=1S/C14H23NO3/c1-4-7-15-9-12-5-6-13(17-3)8-14(12)18-10-11(2)16/h5-6,8,11,15-16H,4,7,9-10H2,1-3H3. The number of aliphatic hydroxyl groups is 1. The summed E-state index contributed by atoms with van der Waals surface area (Å²) in [5.74, 6) is 1.52. The fraction of sp³-hybridized carbons (Fsp3) is 0.571. The summed E-state index contributed by atoms with van der Waals surface area (Å²) in [6.07, 6.45) is 0.618. The summed E-state index contributed by atoms with van der Waals surface area (Å²) in [7, 11) is 1.63. The maximum absolute atomic E-state index is 9.27. The van der Waals surface area contributed by atoms with E-state index in [4.69, 9.17) is 9.47 Å². The van der Waals surface area contributed by atoms with Gasteiger partial charge in [0.15, 0.2) is 0 Å². The number of methoxy groups -OCH3 is 1. The summed E-state index contributed by atoms with van der Waals surface area (Å²) in [5.41, 5.74) is 1.07. The lowest BCUT2D eigenvalue weighted by Crippen LogP contribution is -2.17. The van der Waals surface area contributed by atoms with Gasteiger partial charge in [0.05, 0.1) is 13.2 Å². The van der Waals surface area contributed by atoms with Gasteiger partial charge in [-0.2, -0.15) is 0 Å². The average molecular weight is 253 g/mol. The first-order valence-electron chi connectivity index (χ1n) is 6.35. The molecule has 0 aliphatic heterocycles. The second kappa shape index (κ2) is 7.95. The molecule has 0 saturated carbocycles. The monoisotopic (exact) mass is 253 g/mol. The highest BCUT2D eigenvalue weighted by Gasteiger charge is 2.07. The molecule has 0 heterocycles. The molecule has 1 unspecified atom stereocenters. The van der Waals surface area contributed by atoms with Crippen LogP contribution in [-0.2, 0) is 6.54 Å². The lowest BCUT2D eigenvalue weighted by atomic mass is 10.2. The Kier molecular flexibility index (Phi) is 6.54. The number of hydrogen-bond acceptors (Lipinski definition) is 4. The Morgan fingerprint density at radius 3 is 2.78 bits per heavy atom. The smallest absolute Gasteiger partial charge is 0.127 e. The van der Waals surface area contributed by atoms with Crippen LogP contribution in [0.1, 0.15) is 25.8 Å². The highest BCUT2D eigenvalue weighted by atomic mass is 16.5. The van der Waals surface area contributed by atoms with Crippen LogP contribution in [0.4, 0.5) is 0 Å². The van der Waals surface area contributed by atoms with Gasteiger partial charge < -0.3 is 19.9 Å². The molecular weight excluding hydrogens is 230 g/mol. The molecule has 2 N–H and O–H groups in total. The SMILES string of the molecule is CCCNCc1ccc(OC)cc1OCC(C)O. The molecule has 1 aromatic carbocycles. The van der Waals surface area contributed by atoms with Crippen molar-refractivity contribution >= 4 is 0 Å². The van der Waals surface area contributed by atoms with Crippen LogP contribution in [0.3, 0.4) is 0 Å². The normalized spacial score (nSPS) is 12.2. The van der Waals surface area contributed by atoms with Crippen molar-refractivity contribution in [2.45, 2.75) is 32.9 Å². The van der Waals surface area contributed by atoms with Crippen LogP contribution in [0.25, 0.3) is 0 Å². The Morgan fingerprint density at radius 1 is 1.39 bits per heavy atom. The van der Waals surface area contributed by atoms with Gasteiger partial charge in [-0.3, -0.25) is 0 Å². The van der Waals surface area contributed by atoms with Crippen molar-refractivity contribution < 1.29 is 14.6 Å². The predicted octanol–water partition coefficient (Wildman–Crippen LogP) is 1.95. The van der Waals surface area contributed by atoms with Gasteiger partial charge in [-0.05, 0) is 26.0 Å². The fourth-order valence-electron chi connectivity index (χ4n) is 1.55. The van der Waals surface area contributed by atoms with Crippen molar-refractivity contribution in [3.05, 3.63) is 23.8 Å². The summed E-state index contributed by atoms with van der Waals surface area (Å²) in [4.78, 5) is 0. The molecule has 4 heteroatoms. The van der Waals surface area contributed by atoms with Crippen LogP contribution < -0.4 is 14.8 Å². The number of aliphatic hydroxyl groups excluding tert-OH is 1. The Bertz CT molecular complexity index is 353. The first-order chi connectivity index (χ1) is 8.67. The third-order valence-corrected chi connectivity index (χ3v) is 2.50. The van der Waals surface area contributed by atoms with Gasteiger partial charge in [-0.1, -0.05) is 13.0 Å². The summed E-state index contributed by atoms with van der Waals surface area (Å²) in [5, 5.41) is 12.6. The van der Waals surface area contributed by atoms with Gasteiger partial charge in [0.25, 0.3) is 0 Å². The van der Waals surface area contributed by atoms with Crippen molar-refractivity contribution in [3.63, 3.8) is 0 Å². The van der Waals surface area contributed by atoms with Crippen molar-refractivity contribution in [1.29, 1.82) is 0 Å². The van der Waals surface area contributed by atoms with Crippen LogP contribution in [0.15, 0.2) is 18.2 Å². The van der Waals surface area contributed by atoms with E-state index in [1.54, 1.807) is 14.0 Å². The van der Waals surface area contributed by atoms with Crippen LogP contribution in [0.2, 0.25) is 0 Å². The zero-order valence-electron chi connectivity index (χ0n) is 11.4. The quantitative estimate of drug-likeness (QED) is 0.695. The van der Waals surface area contributed by atoms with Crippen molar-refractivity contribution in [2.75, 3.05) is 20.3 Å². The second-order valence-electron chi connectivity index (χ2n) is 4.31. The molecule has 0 bridgehead atoms. The largest absolute Gasteiger partial charge is 0.497 e. The van der Waals surface area contributed by atoms with Gasteiger partial charge in [0.2, 0.25) is 0 Å². The number of benzene rings is 1. The van der Waals surface area contributed by atoms with E-state index >= 15 is 0 Å². The number of rotatable bonds is 8. The second-order valence-corrected chi connectivity index (χ2v) is 4.31. The first kappa shape index (κ1) is 14.8. The number of nitrogens with one attached hydrogen (secondary N) is 1. The molecule has 4 nitrogen and oxygen atoms in total. The summed E-state index contributed by atoms with van der Waals surface area (Å²) < 4.78 is 10.8. The van der Waals surface area contributed by atoms with E-state index in [9.17, 15) is 5.11 Å². The molecule has 0 radical (unpaired) electrons. The molecule has 18 heavy (non-hydrogen) atoms. The van der Waals surface area contributed by atoms with Crippen LogP contribution in [-0.4, -0.2) is 31.5 Å². The molecular formula is C14H23NO3. The molecule has 1 aromatic rings. The minimum Gasteiger partial charge on any atom is -0.497 e. The van der Waals surface area contributed by atoms with Gasteiger partial charge >= 0.3 is 0 Å². The molecule has 0 aromatic heterocycles. The van der Waals surface area contributed by atoms with Gasteiger partial charge in [0.1, 0.15) is 18.1 Å². The fourth-order valence-corrected chi connectivity index (χ4v) is 1.55. The maximum Gasteiger partial charge on any atom is 0.127 e. The van der Waals surface area contributed by atoms with E-state index < -0.39 is 6.10 Å². The number of hydrogen-bond donors (Lipinski definition) is 2. The van der Waals surface area contributed by atoms with E-state index in [0.717, 1.165) is 36.6 Å². The predicted molar refractivity (Wildman–Crippen MR) is 72.2 cm³/mol. The Labute approximate surface area is 109 Å². The van der Waals surface area contributed by atoms with Gasteiger partial charge in [0, 0.05) is 18.2 Å². The molecule has 0 aliphatic rings. The molecule has 0 fully saturated rings. The zero-order valence-corrected chi connectivity index (χ0v) is 11.4. The average Bonchev–Trinajstić information content (AvgIpc) is 2.37. The van der Waals surface area contributed by atoms with E-state index in [0.29, 0.717) is 0 Å². The lowest BCUT2D eigenvalue weighted by molar-refractivity contribution is 0.122. The van der Waals surface area contributed by atoms with E-state index in [2.05, 4.69) is 12.2 Å². The third kappa shape index (κ3) is 4.94. The maximum atomic E-state index is 9.27. The van der Waals surface area contributed by atoms with Crippen molar-refractivity contribution in [1.82, 2.24) is 5.32 Å². The summed E-state index contributed by atoms with van der Waals surface area (Å²) >= 11 is 0. The van der Waals surface area contributed by atoms with Crippen molar-refractivity contribution in [3.8, 4) is 11.5 Å². The molecule has 0 amide bonds. The van der Waals surface area contributed by atoms with E-state index in [1.807, 2.05) is 18.2 Å². The highest BCUT2D eigenvalue weighted by Crippen LogP contribution is 2.25. The third-order valence-electron chi connectivity index (χ3n) is 2.50. The first-order valence-corrected chi connectivity index (χ1v) is 6.35. The van der Waals surface area contributed by atoms with Crippen LogP contribution in [0, 0.1) is 0 Å². The van der Waals surface area contributed by atoms with E-state index in [-0.39, 0.29) is 6.61 Å². The zero-order chi connectivity index (χ0) is 13.4. The minimum atomic E-state index is -0.479. The van der Waals surface area contributed by atoms with Crippen LogP contribution in [0.5, 0.6) is 11.5 Å².